The molecular formula is C17H19N3O4. The maximum Gasteiger partial charge on any atom is 0.348 e. The van der Waals surface area contributed by atoms with E-state index in [4.69, 9.17) is 9.47 Å². The first-order valence-corrected chi connectivity index (χ1v) is 7.76. The van der Waals surface area contributed by atoms with Gasteiger partial charge in [-0.2, -0.15) is 4.98 Å². The van der Waals surface area contributed by atoms with Crippen molar-refractivity contribution in [1.29, 1.82) is 0 Å². The minimum Gasteiger partial charge on any atom is -0.485 e. The van der Waals surface area contributed by atoms with E-state index in [2.05, 4.69) is 10.3 Å². The van der Waals surface area contributed by atoms with Gasteiger partial charge in [0.2, 0.25) is 6.10 Å². The van der Waals surface area contributed by atoms with Gasteiger partial charge in [0.05, 0.1) is 0 Å². The number of benzene rings is 1. The first-order chi connectivity index (χ1) is 11.5. The standard InChI is InChI=1S/C17H19N3O4/c1-11-9-12(2)20(17(22)19-11)8-7-18-16(21)15-10-23-13-5-3-4-6-14(13)24-15/h3-6,9,15H,7-8,10H2,1-2H3,(H,18,21). The van der Waals surface area contributed by atoms with Crippen LogP contribution in [0.4, 0.5) is 0 Å². The Labute approximate surface area is 139 Å². The maximum absolute atomic E-state index is 12.2. The highest BCUT2D eigenvalue weighted by molar-refractivity contribution is 5.81. The Balaban J connectivity index is 1.56. The molecule has 126 valence electrons. The van der Waals surface area contributed by atoms with Crippen molar-refractivity contribution in [2.24, 2.45) is 0 Å². The first kappa shape index (κ1) is 16.0. The molecule has 0 fully saturated rings. The van der Waals surface area contributed by atoms with Gasteiger partial charge in [0.1, 0.15) is 6.61 Å². The Morgan fingerprint density at radius 1 is 1.33 bits per heavy atom. The summed E-state index contributed by atoms with van der Waals surface area (Å²) in [5.41, 5.74) is 1.19. The molecule has 7 heteroatoms. The van der Waals surface area contributed by atoms with Crippen molar-refractivity contribution in [3.63, 3.8) is 0 Å². The van der Waals surface area contributed by atoms with Gasteiger partial charge in [0, 0.05) is 24.5 Å². The summed E-state index contributed by atoms with van der Waals surface area (Å²) >= 11 is 0. The maximum atomic E-state index is 12.2. The zero-order valence-corrected chi connectivity index (χ0v) is 13.6. The van der Waals surface area contributed by atoms with Crippen LogP contribution in [0.5, 0.6) is 11.5 Å². The summed E-state index contributed by atoms with van der Waals surface area (Å²) in [7, 11) is 0. The lowest BCUT2D eigenvalue weighted by Crippen LogP contribution is -2.45. The van der Waals surface area contributed by atoms with Gasteiger partial charge in [-0.25, -0.2) is 4.79 Å². The quantitative estimate of drug-likeness (QED) is 0.898. The van der Waals surface area contributed by atoms with E-state index in [1.54, 1.807) is 19.1 Å². The number of fused-ring (bicyclic) bond motifs is 1. The number of rotatable bonds is 4. The van der Waals surface area contributed by atoms with Crippen LogP contribution < -0.4 is 20.5 Å². The molecule has 0 saturated carbocycles. The number of para-hydroxylation sites is 2. The number of aryl methyl sites for hydroxylation is 2. The van der Waals surface area contributed by atoms with Crippen LogP contribution in [-0.2, 0) is 11.3 Å². The van der Waals surface area contributed by atoms with E-state index in [1.807, 2.05) is 25.1 Å². The third kappa shape index (κ3) is 3.40. The Kier molecular flexibility index (Phi) is 4.50. The third-order valence-electron chi connectivity index (χ3n) is 3.78. The number of ether oxygens (including phenoxy) is 2. The molecule has 1 aliphatic heterocycles. The number of carbonyl (C=O) groups excluding carboxylic acids is 1. The Bertz CT molecular complexity index is 816. The minimum absolute atomic E-state index is 0.161. The van der Waals surface area contributed by atoms with Crippen LogP contribution in [0.3, 0.4) is 0 Å². The Morgan fingerprint density at radius 2 is 2.08 bits per heavy atom. The van der Waals surface area contributed by atoms with Gasteiger partial charge in [-0.1, -0.05) is 12.1 Å². The smallest absolute Gasteiger partial charge is 0.348 e. The van der Waals surface area contributed by atoms with Gasteiger partial charge in [-0.05, 0) is 32.0 Å². The van der Waals surface area contributed by atoms with Crippen molar-refractivity contribution < 1.29 is 14.3 Å². The molecule has 2 aromatic rings. The number of hydrogen-bond acceptors (Lipinski definition) is 5. The second-order valence-corrected chi connectivity index (χ2v) is 5.63. The van der Waals surface area contributed by atoms with Crippen LogP contribution in [0, 0.1) is 13.8 Å². The van der Waals surface area contributed by atoms with Gasteiger partial charge in [0.15, 0.2) is 11.5 Å². The van der Waals surface area contributed by atoms with Crippen LogP contribution in [-0.4, -0.2) is 34.7 Å². The monoisotopic (exact) mass is 329 g/mol. The average molecular weight is 329 g/mol. The summed E-state index contributed by atoms with van der Waals surface area (Å²) in [4.78, 5) is 28.0. The molecule has 1 unspecified atom stereocenters. The fraction of sp³-hybridized carbons (Fsp3) is 0.353. The van der Waals surface area contributed by atoms with E-state index >= 15 is 0 Å². The molecule has 0 bridgehead atoms. The fourth-order valence-electron chi connectivity index (χ4n) is 2.60. The van der Waals surface area contributed by atoms with Crippen LogP contribution in [0.1, 0.15) is 11.4 Å². The fourth-order valence-corrected chi connectivity index (χ4v) is 2.60. The van der Waals surface area contributed by atoms with Crippen molar-refractivity contribution in [2.75, 3.05) is 13.2 Å². The van der Waals surface area contributed by atoms with Crippen molar-refractivity contribution in [1.82, 2.24) is 14.9 Å². The van der Waals surface area contributed by atoms with Crippen LogP contribution in [0.2, 0.25) is 0 Å². The van der Waals surface area contributed by atoms with Crippen molar-refractivity contribution in [3.8, 4) is 11.5 Å². The summed E-state index contributed by atoms with van der Waals surface area (Å²) in [5.74, 6) is 0.920. The molecule has 1 aromatic carbocycles. The number of amides is 1. The lowest BCUT2D eigenvalue weighted by atomic mass is 10.2. The third-order valence-corrected chi connectivity index (χ3v) is 3.78. The van der Waals surface area contributed by atoms with Gasteiger partial charge in [-0.15, -0.1) is 0 Å². The topological polar surface area (TPSA) is 82.5 Å². The molecule has 1 aromatic heterocycles. The molecule has 0 aliphatic carbocycles. The molecule has 1 amide bonds. The summed E-state index contributed by atoms with van der Waals surface area (Å²) in [6, 6.07) is 9.05. The second kappa shape index (κ2) is 6.74. The second-order valence-electron chi connectivity index (χ2n) is 5.63. The number of nitrogens with one attached hydrogen (secondary N) is 1. The zero-order valence-electron chi connectivity index (χ0n) is 13.6. The number of nitrogens with zero attached hydrogens (tertiary/aromatic N) is 2. The molecule has 0 saturated heterocycles. The SMILES string of the molecule is Cc1cc(C)n(CCNC(=O)C2COc3ccccc3O2)c(=O)n1. The predicted molar refractivity (Wildman–Crippen MR) is 87.3 cm³/mol. The van der Waals surface area contributed by atoms with Crippen LogP contribution in [0.25, 0.3) is 0 Å². The Morgan fingerprint density at radius 3 is 2.83 bits per heavy atom. The van der Waals surface area contributed by atoms with Crippen LogP contribution in [0.15, 0.2) is 35.1 Å². The van der Waals surface area contributed by atoms with E-state index in [0.717, 1.165) is 5.69 Å². The van der Waals surface area contributed by atoms with Gasteiger partial charge in [0.25, 0.3) is 5.91 Å². The van der Waals surface area contributed by atoms with Gasteiger partial charge < -0.3 is 14.8 Å². The molecule has 24 heavy (non-hydrogen) atoms. The van der Waals surface area contributed by atoms with Crippen molar-refractivity contribution >= 4 is 5.91 Å². The lowest BCUT2D eigenvalue weighted by Gasteiger charge is -2.25. The largest absolute Gasteiger partial charge is 0.485 e. The molecule has 1 N–H and O–H groups in total. The average Bonchev–Trinajstić information content (AvgIpc) is 2.56. The highest BCUT2D eigenvalue weighted by Gasteiger charge is 2.26. The van der Waals surface area contributed by atoms with Gasteiger partial charge >= 0.3 is 5.69 Å². The van der Waals surface area contributed by atoms with E-state index < -0.39 is 6.10 Å². The molecule has 0 spiro atoms. The van der Waals surface area contributed by atoms with Crippen molar-refractivity contribution in [3.05, 3.63) is 52.2 Å². The summed E-state index contributed by atoms with van der Waals surface area (Å²) in [6.07, 6.45) is -0.700. The highest BCUT2D eigenvalue weighted by atomic mass is 16.6. The molecule has 7 nitrogen and oxygen atoms in total. The summed E-state index contributed by atoms with van der Waals surface area (Å²) in [6.45, 7) is 4.44. The first-order valence-electron chi connectivity index (χ1n) is 7.76. The number of hydrogen-bond donors (Lipinski definition) is 1. The zero-order chi connectivity index (χ0) is 17.1. The molecular weight excluding hydrogens is 310 g/mol. The van der Waals surface area contributed by atoms with Gasteiger partial charge in [-0.3, -0.25) is 9.36 Å². The van der Waals surface area contributed by atoms with E-state index in [1.165, 1.54) is 4.57 Å². The van der Waals surface area contributed by atoms with E-state index in [-0.39, 0.29) is 18.2 Å². The lowest BCUT2D eigenvalue weighted by molar-refractivity contribution is -0.130. The highest BCUT2D eigenvalue weighted by Crippen LogP contribution is 2.30. The molecule has 0 radical (unpaired) electrons. The van der Waals surface area contributed by atoms with Crippen LogP contribution >= 0.6 is 0 Å². The van der Waals surface area contributed by atoms with E-state index in [0.29, 0.717) is 30.3 Å². The number of aromatic nitrogens is 2. The summed E-state index contributed by atoms with van der Waals surface area (Å²) < 4.78 is 12.7. The molecule has 1 aliphatic rings. The van der Waals surface area contributed by atoms with E-state index in [9.17, 15) is 9.59 Å². The number of carbonyl (C=O) groups is 1. The molecule has 3 rings (SSSR count). The molecule has 2 heterocycles. The van der Waals surface area contributed by atoms with Crippen molar-refractivity contribution in [2.45, 2.75) is 26.5 Å². The normalized spacial score (nSPS) is 15.8. The summed E-state index contributed by atoms with van der Waals surface area (Å²) in [5, 5.41) is 2.77. The Hall–Kier alpha value is -2.83. The molecule has 1 atom stereocenters. The predicted octanol–water partition coefficient (Wildman–Crippen LogP) is 0.816. The minimum atomic E-state index is -0.700.